The summed E-state index contributed by atoms with van der Waals surface area (Å²) in [6.07, 6.45) is 6.13. The third kappa shape index (κ3) is 2.41. The average molecular weight is 140 g/mol. The quantitative estimate of drug-likeness (QED) is 0.593. The Morgan fingerprint density at radius 3 is 2.40 bits per heavy atom. The lowest BCUT2D eigenvalue weighted by Gasteiger charge is -2.27. The first-order valence-electron chi connectivity index (χ1n) is 3.66. The van der Waals surface area contributed by atoms with Gasteiger partial charge < -0.3 is 5.11 Å². The zero-order chi connectivity index (χ0) is 8.20. The second-order valence-corrected chi connectivity index (χ2v) is 3.27. The van der Waals surface area contributed by atoms with Crippen molar-refractivity contribution >= 4 is 0 Å². The van der Waals surface area contributed by atoms with Gasteiger partial charge in [-0.05, 0) is 11.8 Å². The highest BCUT2D eigenvalue weighted by atomic mass is 16.3. The summed E-state index contributed by atoms with van der Waals surface area (Å²) in [5, 5.41) is 9.43. The standard InChI is InChI=1S/C9H16O/c1-5-7-8(10)9(3,4)6-2/h1,8,10H,6-7H2,2-4H3. The van der Waals surface area contributed by atoms with Crippen molar-refractivity contribution in [2.24, 2.45) is 5.41 Å². The van der Waals surface area contributed by atoms with Crippen molar-refractivity contribution in [3.8, 4) is 12.3 Å². The van der Waals surface area contributed by atoms with E-state index in [1.54, 1.807) is 0 Å². The van der Waals surface area contributed by atoms with Crippen molar-refractivity contribution in [3.63, 3.8) is 0 Å². The van der Waals surface area contributed by atoms with Gasteiger partial charge in [-0.15, -0.1) is 12.3 Å². The fraction of sp³-hybridized carbons (Fsp3) is 0.778. The summed E-state index contributed by atoms with van der Waals surface area (Å²) in [5.41, 5.74) is -0.0353. The molecule has 0 heterocycles. The maximum absolute atomic E-state index is 9.43. The van der Waals surface area contributed by atoms with Crippen LogP contribution in [-0.2, 0) is 0 Å². The van der Waals surface area contributed by atoms with Gasteiger partial charge in [0.1, 0.15) is 0 Å². The fourth-order valence-electron chi connectivity index (χ4n) is 0.624. The molecule has 0 aromatic carbocycles. The van der Waals surface area contributed by atoms with Crippen LogP contribution in [0.5, 0.6) is 0 Å². The molecule has 0 aromatic rings. The summed E-state index contributed by atoms with van der Waals surface area (Å²) >= 11 is 0. The Bertz CT molecular complexity index is 130. The van der Waals surface area contributed by atoms with Crippen LogP contribution in [0.25, 0.3) is 0 Å². The molecule has 0 fully saturated rings. The van der Waals surface area contributed by atoms with Crippen LogP contribution in [-0.4, -0.2) is 11.2 Å². The largest absolute Gasteiger partial charge is 0.392 e. The van der Waals surface area contributed by atoms with Crippen LogP contribution in [0.15, 0.2) is 0 Å². The Morgan fingerprint density at radius 1 is 1.60 bits per heavy atom. The molecule has 0 bridgehead atoms. The van der Waals surface area contributed by atoms with Crippen LogP contribution < -0.4 is 0 Å². The van der Waals surface area contributed by atoms with Gasteiger partial charge in [0, 0.05) is 6.42 Å². The van der Waals surface area contributed by atoms with Crippen molar-refractivity contribution in [3.05, 3.63) is 0 Å². The SMILES string of the molecule is C#CCC(O)C(C)(C)CC. The van der Waals surface area contributed by atoms with Crippen LogP contribution in [0, 0.1) is 17.8 Å². The Hall–Kier alpha value is -0.480. The number of rotatable bonds is 3. The topological polar surface area (TPSA) is 20.2 Å². The van der Waals surface area contributed by atoms with E-state index in [0.29, 0.717) is 6.42 Å². The Balaban J connectivity index is 3.93. The van der Waals surface area contributed by atoms with Crippen LogP contribution >= 0.6 is 0 Å². The highest BCUT2D eigenvalue weighted by Crippen LogP contribution is 2.26. The van der Waals surface area contributed by atoms with Gasteiger partial charge in [-0.1, -0.05) is 20.8 Å². The maximum Gasteiger partial charge on any atom is 0.0700 e. The van der Waals surface area contributed by atoms with E-state index in [2.05, 4.69) is 12.8 Å². The summed E-state index contributed by atoms with van der Waals surface area (Å²) in [6, 6.07) is 0. The minimum Gasteiger partial charge on any atom is -0.392 e. The van der Waals surface area contributed by atoms with E-state index in [1.807, 2.05) is 13.8 Å². The molecule has 1 N–H and O–H groups in total. The zero-order valence-electron chi connectivity index (χ0n) is 7.02. The van der Waals surface area contributed by atoms with E-state index < -0.39 is 0 Å². The lowest BCUT2D eigenvalue weighted by atomic mass is 9.82. The predicted octanol–water partition coefficient (Wildman–Crippen LogP) is 1.81. The van der Waals surface area contributed by atoms with Gasteiger partial charge in [-0.3, -0.25) is 0 Å². The monoisotopic (exact) mass is 140 g/mol. The molecule has 1 atom stereocenters. The summed E-state index contributed by atoms with van der Waals surface area (Å²) in [6.45, 7) is 6.10. The molecule has 0 aliphatic carbocycles. The molecule has 0 aliphatic rings. The summed E-state index contributed by atoms with van der Waals surface area (Å²) in [7, 11) is 0. The van der Waals surface area contributed by atoms with E-state index in [1.165, 1.54) is 0 Å². The average Bonchev–Trinajstić information content (AvgIpc) is 1.89. The normalized spacial score (nSPS) is 14.3. The Labute approximate surface area is 63.5 Å². The molecule has 0 aromatic heterocycles. The first-order chi connectivity index (χ1) is 4.54. The van der Waals surface area contributed by atoms with Gasteiger partial charge in [-0.25, -0.2) is 0 Å². The number of terminal acetylenes is 1. The number of hydrogen-bond donors (Lipinski definition) is 1. The fourth-order valence-corrected chi connectivity index (χ4v) is 0.624. The minimum atomic E-state index is -0.359. The molecule has 1 heteroatoms. The molecular formula is C9H16O. The van der Waals surface area contributed by atoms with E-state index in [4.69, 9.17) is 6.42 Å². The van der Waals surface area contributed by atoms with Gasteiger partial charge in [-0.2, -0.15) is 0 Å². The van der Waals surface area contributed by atoms with Crippen molar-refractivity contribution in [2.45, 2.75) is 39.7 Å². The molecule has 0 saturated carbocycles. The van der Waals surface area contributed by atoms with Gasteiger partial charge in [0.15, 0.2) is 0 Å². The van der Waals surface area contributed by atoms with Gasteiger partial charge in [0.2, 0.25) is 0 Å². The van der Waals surface area contributed by atoms with E-state index in [-0.39, 0.29) is 11.5 Å². The van der Waals surface area contributed by atoms with E-state index in [0.717, 1.165) is 6.42 Å². The minimum absolute atomic E-state index is 0.0353. The molecule has 10 heavy (non-hydrogen) atoms. The van der Waals surface area contributed by atoms with Gasteiger partial charge in [0.25, 0.3) is 0 Å². The second-order valence-electron chi connectivity index (χ2n) is 3.27. The number of aliphatic hydroxyl groups excluding tert-OH is 1. The summed E-state index contributed by atoms with van der Waals surface area (Å²) in [4.78, 5) is 0. The van der Waals surface area contributed by atoms with E-state index >= 15 is 0 Å². The molecule has 0 aliphatic heterocycles. The molecular weight excluding hydrogens is 124 g/mol. The smallest absolute Gasteiger partial charge is 0.0700 e. The third-order valence-electron chi connectivity index (χ3n) is 2.12. The molecule has 0 amide bonds. The lowest BCUT2D eigenvalue weighted by Crippen LogP contribution is -2.27. The van der Waals surface area contributed by atoms with Gasteiger partial charge >= 0.3 is 0 Å². The van der Waals surface area contributed by atoms with Crippen LogP contribution in [0.4, 0.5) is 0 Å². The lowest BCUT2D eigenvalue weighted by molar-refractivity contribution is 0.0519. The molecule has 0 saturated heterocycles. The van der Waals surface area contributed by atoms with Crippen molar-refractivity contribution < 1.29 is 5.11 Å². The number of aliphatic hydroxyl groups is 1. The van der Waals surface area contributed by atoms with Crippen molar-refractivity contribution in [1.29, 1.82) is 0 Å². The molecule has 58 valence electrons. The Morgan fingerprint density at radius 2 is 2.10 bits per heavy atom. The summed E-state index contributed by atoms with van der Waals surface area (Å²) in [5.74, 6) is 2.46. The van der Waals surface area contributed by atoms with Gasteiger partial charge in [0.05, 0.1) is 6.10 Å². The molecule has 1 nitrogen and oxygen atoms in total. The predicted molar refractivity (Wildman–Crippen MR) is 43.5 cm³/mol. The second kappa shape index (κ2) is 3.63. The molecule has 1 unspecified atom stereocenters. The van der Waals surface area contributed by atoms with Crippen molar-refractivity contribution in [2.75, 3.05) is 0 Å². The van der Waals surface area contributed by atoms with Crippen molar-refractivity contribution in [1.82, 2.24) is 0 Å². The Kier molecular flexibility index (Phi) is 3.46. The third-order valence-corrected chi connectivity index (χ3v) is 2.12. The first-order valence-corrected chi connectivity index (χ1v) is 3.66. The van der Waals surface area contributed by atoms with Crippen LogP contribution in [0.3, 0.4) is 0 Å². The number of hydrogen-bond acceptors (Lipinski definition) is 1. The van der Waals surface area contributed by atoms with E-state index in [9.17, 15) is 5.11 Å². The molecule has 0 radical (unpaired) electrons. The van der Waals surface area contributed by atoms with Crippen LogP contribution in [0.2, 0.25) is 0 Å². The van der Waals surface area contributed by atoms with Crippen LogP contribution in [0.1, 0.15) is 33.6 Å². The maximum atomic E-state index is 9.43. The first kappa shape index (κ1) is 9.52. The molecule has 0 rings (SSSR count). The zero-order valence-corrected chi connectivity index (χ0v) is 7.02. The summed E-state index contributed by atoms with van der Waals surface area (Å²) < 4.78 is 0. The highest BCUT2D eigenvalue weighted by Gasteiger charge is 2.24. The highest BCUT2D eigenvalue weighted by molar-refractivity contribution is 4.91. The molecule has 0 spiro atoms.